The lowest BCUT2D eigenvalue weighted by molar-refractivity contribution is 0.0939. The SMILES string of the molecule is Cl.O=C(NCC1CCCNC1)c1ccc(F)c(F)c1F. The van der Waals surface area contributed by atoms with Crippen molar-refractivity contribution in [3.63, 3.8) is 0 Å². The molecule has 1 heterocycles. The summed E-state index contributed by atoms with van der Waals surface area (Å²) in [7, 11) is 0. The molecule has 0 spiro atoms. The van der Waals surface area contributed by atoms with Crippen LogP contribution in [0.5, 0.6) is 0 Å². The van der Waals surface area contributed by atoms with Crippen molar-refractivity contribution in [1.29, 1.82) is 0 Å². The van der Waals surface area contributed by atoms with Gasteiger partial charge in [0.2, 0.25) is 0 Å². The summed E-state index contributed by atoms with van der Waals surface area (Å²) < 4.78 is 39.1. The van der Waals surface area contributed by atoms with Crippen LogP contribution in [0.3, 0.4) is 0 Å². The highest BCUT2D eigenvalue weighted by Gasteiger charge is 2.20. The number of hydrogen-bond acceptors (Lipinski definition) is 2. The van der Waals surface area contributed by atoms with Gasteiger partial charge in [0, 0.05) is 6.54 Å². The number of benzene rings is 1. The van der Waals surface area contributed by atoms with E-state index in [0.717, 1.165) is 38.1 Å². The van der Waals surface area contributed by atoms with Gasteiger partial charge >= 0.3 is 0 Å². The van der Waals surface area contributed by atoms with Crippen molar-refractivity contribution in [2.75, 3.05) is 19.6 Å². The minimum atomic E-state index is -1.62. The lowest BCUT2D eigenvalue weighted by Gasteiger charge is -2.22. The third-order valence-corrected chi connectivity index (χ3v) is 3.23. The van der Waals surface area contributed by atoms with Crippen molar-refractivity contribution < 1.29 is 18.0 Å². The largest absolute Gasteiger partial charge is 0.352 e. The molecule has 1 amide bonds. The molecule has 0 aromatic heterocycles. The van der Waals surface area contributed by atoms with Gasteiger partial charge in [-0.3, -0.25) is 4.79 Å². The topological polar surface area (TPSA) is 41.1 Å². The number of halogens is 4. The molecule has 3 nitrogen and oxygen atoms in total. The predicted octanol–water partition coefficient (Wildman–Crippen LogP) is 2.26. The van der Waals surface area contributed by atoms with Gasteiger partial charge in [-0.05, 0) is 44.0 Å². The number of nitrogens with one attached hydrogen (secondary N) is 2. The number of carbonyl (C=O) groups excluding carboxylic acids is 1. The van der Waals surface area contributed by atoms with Crippen LogP contribution in [0.15, 0.2) is 12.1 Å². The van der Waals surface area contributed by atoms with Crippen LogP contribution < -0.4 is 10.6 Å². The van der Waals surface area contributed by atoms with Crippen molar-refractivity contribution in [2.45, 2.75) is 12.8 Å². The fraction of sp³-hybridized carbons (Fsp3) is 0.462. The van der Waals surface area contributed by atoms with Crippen molar-refractivity contribution in [2.24, 2.45) is 5.92 Å². The lowest BCUT2D eigenvalue weighted by atomic mass is 9.99. The smallest absolute Gasteiger partial charge is 0.254 e. The average molecular weight is 309 g/mol. The predicted molar refractivity (Wildman–Crippen MR) is 71.5 cm³/mol. The van der Waals surface area contributed by atoms with Crippen molar-refractivity contribution in [1.82, 2.24) is 10.6 Å². The highest BCUT2D eigenvalue weighted by molar-refractivity contribution is 5.94. The van der Waals surface area contributed by atoms with Crippen LogP contribution in [0.1, 0.15) is 23.2 Å². The standard InChI is InChI=1S/C13H15F3N2O.ClH/c14-10-4-3-9(11(15)12(10)16)13(19)18-7-8-2-1-5-17-6-8;/h3-4,8,17H,1-2,5-7H2,(H,18,19);1H. The van der Waals surface area contributed by atoms with Gasteiger partial charge < -0.3 is 10.6 Å². The zero-order chi connectivity index (χ0) is 13.8. The van der Waals surface area contributed by atoms with Gasteiger partial charge in [0.15, 0.2) is 17.5 Å². The second-order valence-corrected chi connectivity index (χ2v) is 4.65. The molecular weight excluding hydrogens is 293 g/mol. The summed E-state index contributed by atoms with van der Waals surface area (Å²) >= 11 is 0. The zero-order valence-corrected chi connectivity index (χ0v) is 11.5. The van der Waals surface area contributed by atoms with E-state index in [2.05, 4.69) is 10.6 Å². The molecule has 1 saturated heterocycles. The van der Waals surface area contributed by atoms with E-state index in [1.807, 2.05) is 0 Å². The summed E-state index contributed by atoms with van der Waals surface area (Å²) in [4.78, 5) is 11.7. The molecular formula is C13H16ClF3N2O. The lowest BCUT2D eigenvalue weighted by Crippen LogP contribution is -2.38. The molecule has 112 valence electrons. The molecule has 0 bridgehead atoms. The molecule has 1 aliphatic rings. The molecule has 1 atom stereocenters. The minimum absolute atomic E-state index is 0. The van der Waals surface area contributed by atoms with E-state index < -0.39 is 28.9 Å². The van der Waals surface area contributed by atoms with Crippen LogP contribution in [-0.4, -0.2) is 25.5 Å². The van der Waals surface area contributed by atoms with Gasteiger partial charge in [-0.15, -0.1) is 12.4 Å². The Hall–Kier alpha value is -1.27. The van der Waals surface area contributed by atoms with Gasteiger partial charge in [0.05, 0.1) is 5.56 Å². The van der Waals surface area contributed by atoms with Crippen LogP contribution in [0.4, 0.5) is 13.2 Å². The molecule has 1 unspecified atom stereocenters. The summed E-state index contributed by atoms with van der Waals surface area (Å²) in [5.41, 5.74) is -0.470. The number of piperidine rings is 1. The Balaban J connectivity index is 0.00000200. The van der Waals surface area contributed by atoms with Gasteiger partial charge in [0.25, 0.3) is 5.91 Å². The fourth-order valence-electron chi connectivity index (χ4n) is 2.13. The van der Waals surface area contributed by atoms with E-state index >= 15 is 0 Å². The molecule has 2 rings (SSSR count). The summed E-state index contributed by atoms with van der Waals surface area (Å²) in [5.74, 6) is -4.80. The Bertz CT molecular complexity index is 479. The maximum Gasteiger partial charge on any atom is 0.254 e. The third-order valence-electron chi connectivity index (χ3n) is 3.23. The normalized spacial score (nSPS) is 18.2. The Kier molecular flexibility index (Phi) is 6.29. The van der Waals surface area contributed by atoms with E-state index in [1.54, 1.807) is 0 Å². The third kappa shape index (κ3) is 3.86. The highest BCUT2D eigenvalue weighted by Crippen LogP contribution is 2.15. The van der Waals surface area contributed by atoms with Crippen LogP contribution in [0, 0.1) is 23.4 Å². The minimum Gasteiger partial charge on any atom is -0.352 e. The van der Waals surface area contributed by atoms with Crippen LogP contribution >= 0.6 is 12.4 Å². The molecule has 1 aromatic rings. The van der Waals surface area contributed by atoms with Gasteiger partial charge in [0.1, 0.15) is 0 Å². The molecule has 20 heavy (non-hydrogen) atoms. The zero-order valence-electron chi connectivity index (χ0n) is 10.7. The second-order valence-electron chi connectivity index (χ2n) is 4.65. The van der Waals surface area contributed by atoms with Crippen LogP contribution in [0.2, 0.25) is 0 Å². The van der Waals surface area contributed by atoms with E-state index in [-0.39, 0.29) is 18.3 Å². The highest BCUT2D eigenvalue weighted by atomic mass is 35.5. The summed E-state index contributed by atoms with van der Waals surface area (Å²) in [6.45, 7) is 2.15. The maximum absolute atomic E-state index is 13.4. The van der Waals surface area contributed by atoms with Crippen molar-refractivity contribution >= 4 is 18.3 Å². The molecule has 1 aromatic carbocycles. The fourth-order valence-corrected chi connectivity index (χ4v) is 2.13. The first-order valence-electron chi connectivity index (χ1n) is 6.22. The van der Waals surface area contributed by atoms with Gasteiger partial charge in [-0.1, -0.05) is 0 Å². The number of amides is 1. The molecule has 0 aliphatic carbocycles. The Labute approximate surface area is 121 Å². The second kappa shape index (κ2) is 7.50. The molecule has 1 fully saturated rings. The van der Waals surface area contributed by atoms with Gasteiger partial charge in [-0.25, -0.2) is 13.2 Å². The molecule has 7 heteroatoms. The van der Waals surface area contributed by atoms with E-state index in [1.165, 1.54) is 0 Å². The molecule has 2 N–H and O–H groups in total. The average Bonchev–Trinajstić information content (AvgIpc) is 2.43. The van der Waals surface area contributed by atoms with Crippen molar-refractivity contribution in [3.8, 4) is 0 Å². The summed E-state index contributed by atoms with van der Waals surface area (Å²) in [6.07, 6.45) is 2.01. The molecule has 0 saturated carbocycles. The monoisotopic (exact) mass is 308 g/mol. The molecule has 0 radical (unpaired) electrons. The van der Waals surface area contributed by atoms with E-state index in [0.29, 0.717) is 6.54 Å². The number of rotatable bonds is 3. The Morgan fingerprint density at radius 1 is 1.30 bits per heavy atom. The quantitative estimate of drug-likeness (QED) is 0.841. The molecule has 1 aliphatic heterocycles. The number of hydrogen-bond donors (Lipinski definition) is 2. The maximum atomic E-state index is 13.4. The first kappa shape index (κ1) is 16.8. The summed E-state index contributed by atoms with van der Waals surface area (Å²) in [5, 5.41) is 5.74. The Morgan fingerprint density at radius 2 is 2.05 bits per heavy atom. The van der Waals surface area contributed by atoms with Crippen molar-refractivity contribution in [3.05, 3.63) is 35.1 Å². The summed E-state index contributed by atoms with van der Waals surface area (Å²) in [6, 6.07) is 1.69. The van der Waals surface area contributed by atoms with Crippen LogP contribution in [-0.2, 0) is 0 Å². The van der Waals surface area contributed by atoms with E-state index in [4.69, 9.17) is 0 Å². The van der Waals surface area contributed by atoms with E-state index in [9.17, 15) is 18.0 Å². The van der Waals surface area contributed by atoms with Gasteiger partial charge in [-0.2, -0.15) is 0 Å². The number of carbonyl (C=O) groups is 1. The first-order valence-corrected chi connectivity index (χ1v) is 6.22. The first-order chi connectivity index (χ1) is 9.09. The van der Waals surface area contributed by atoms with Crippen LogP contribution in [0.25, 0.3) is 0 Å². The Morgan fingerprint density at radius 3 is 2.70 bits per heavy atom.